The largest absolute Gasteiger partial charge is 0.395 e. The van der Waals surface area contributed by atoms with Crippen LogP contribution in [0.4, 0.5) is 5.00 Å². The molecule has 0 amide bonds. The number of hydrogen-bond donors (Lipinski definition) is 3. The molecule has 1 rings (SSSR count). The van der Waals surface area contributed by atoms with Crippen molar-refractivity contribution in [3.8, 4) is 0 Å². The summed E-state index contributed by atoms with van der Waals surface area (Å²) >= 11 is 7.16. The average Bonchev–Trinajstić information content (AvgIpc) is 2.47. The molecule has 0 aliphatic carbocycles. The normalized spacial score (nSPS) is 12.9. The van der Waals surface area contributed by atoms with Crippen LogP contribution in [0.3, 0.4) is 0 Å². The van der Waals surface area contributed by atoms with Crippen LogP contribution < -0.4 is 11.1 Å². The van der Waals surface area contributed by atoms with Crippen LogP contribution in [0.25, 0.3) is 0 Å². The molecular formula is C7H11ClN2OS. The predicted octanol–water partition coefficient (Wildman–Crippen LogP) is 1.13. The molecule has 0 aromatic carbocycles. The molecule has 0 saturated heterocycles. The standard InChI is InChI=1S/C7H11ClN2OS/c8-6-1-2-7(12-6)10-3-5(9)4-11/h1-2,5,10-11H,3-4,9H2. The van der Waals surface area contributed by atoms with Gasteiger partial charge in [-0.2, -0.15) is 0 Å². The summed E-state index contributed by atoms with van der Waals surface area (Å²) < 4.78 is 0.745. The Balaban J connectivity index is 2.33. The maximum Gasteiger partial charge on any atom is 0.0950 e. The summed E-state index contributed by atoms with van der Waals surface area (Å²) in [6.45, 7) is 0.555. The Hall–Kier alpha value is -0.290. The number of aliphatic hydroxyl groups is 1. The van der Waals surface area contributed by atoms with Crippen LogP contribution in [-0.4, -0.2) is 24.3 Å². The molecule has 1 aromatic rings. The molecule has 0 spiro atoms. The summed E-state index contributed by atoms with van der Waals surface area (Å²) in [6.07, 6.45) is 0. The van der Waals surface area contributed by atoms with Crippen molar-refractivity contribution in [2.24, 2.45) is 5.73 Å². The number of nitrogens with two attached hydrogens (primary N) is 1. The number of nitrogens with one attached hydrogen (secondary N) is 1. The van der Waals surface area contributed by atoms with Crippen molar-refractivity contribution >= 4 is 27.9 Å². The van der Waals surface area contributed by atoms with Gasteiger partial charge in [-0.15, -0.1) is 11.3 Å². The van der Waals surface area contributed by atoms with Crippen molar-refractivity contribution in [2.45, 2.75) is 6.04 Å². The number of anilines is 1. The molecule has 0 radical (unpaired) electrons. The molecule has 1 unspecified atom stereocenters. The third-order valence-electron chi connectivity index (χ3n) is 1.35. The SMILES string of the molecule is NC(CO)CNc1ccc(Cl)s1. The van der Waals surface area contributed by atoms with E-state index in [1.165, 1.54) is 11.3 Å². The van der Waals surface area contributed by atoms with Crippen molar-refractivity contribution in [2.75, 3.05) is 18.5 Å². The van der Waals surface area contributed by atoms with Gasteiger partial charge in [-0.3, -0.25) is 0 Å². The van der Waals surface area contributed by atoms with Gasteiger partial charge in [0.15, 0.2) is 0 Å². The van der Waals surface area contributed by atoms with Crippen LogP contribution in [0.2, 0.25) is 4.34 Å². The molecule has 0 saturated carbocycles. The first kappa shape index (κ1) is 9.80. The fourth-order valence-corrected chi connectivity index (χ4v) is 1.66. The van der Waals surface area contributed by atoms with Gasteiger partial charge < -0.3 is 16.2 Å². The van der Waals surface area contributed by atoms with Gasteiger partial charge in [-0.25, -0.2) is 0 Å². The Morgan fingerprint density at radius 1 is 1.67 bits per heavy atom. The van der Waals surface area contributed by atoms with Crippen LogP contribution in [0.5, 0.6) is 0 Å². The van der Waals surface area contributed by atoms with E-state index >= 15 is 0 Å². The lowest BCUT2D eigenvalue weighted by atomic mass is 10.3. The Bertz CT molecular complexity index is 241. The van der Waals surface area contributed by atoms with Crippen LogP contribution >= 0.6 is 22.9 Å². The quantitative estimate of drug-likeness (QED) is 0.693. The first-order valence-corrected chi connectivity index (χ1v) is 4.77. The van der Waals surface area contributed by atoms with Crippen molar-refractivity contribution < 1.29 is 5.11 Å². The van der Waals surface area contributed by atoms with Gasteiger partial charge in [0.1, 0.15) is 0 Å². The molecular weight excluding hydrogens is 196 g/mol. The van der Waals surface area contributed by atoms with E-state index in [1.54, 1.807) is 0 Å². The van der Waals surface area contributed by atoms with Crippen LogP contribution in [0.15, 0.2) is 12.1 Å². The van der Waals surface area contributed by atoms with Gasteiger partial charge in [0, 0.05) is 12.6 Å². The van der Waals surface area contributed by atoms with Gasteiger partial charge in [0.05, 0.1) is 15.9 Å². The van der Waals surface area contributed by atoms with E-state index in [-0.39, 0.29) is 12.6 Å². The van der Waals surface area contributed by atoms with E-state index in [0.717, 1.165) is 9.34 Å². The second-order valence-corrected chi connectivity index (χ2v) is 4.14. The van der Waals surface area contributed by atoms with Gasteiger partial charge in [0.25, 0.3) is 0 Å². The molecule has 1 heterocycles. The highest BCUT2D eigenvalue weighted by Crippen LogP contribution is 2.25. The highest BCUT2D eigenvalue weighted by molar-refractivity contribution is 7.19. The third kappa shape index (κ3) is 2.98. The van der Waals surface area contributed by atoms with Gasteiger partial charge >= 0.3 is 0 Å². The van der Waals surface area contributed by atoms with Crippen LogP contribution in [-0.2, 0) is 0 Å². The minimum absolute atomic E-state index is 0.00783. The lowest BCUT2D eigenvalue weighted by molar-refractivity contribution is 0.270. The summed E-state index contributed by atoms with van der Waals surface area (Å²) in [4.78, 5) is 0. The molecule has 1 aromatic heterocycles. The predicted molar refractivity (Wildman–Crippen MR) is 52.9 cm³/mol. The van der Waals surface area contributed by atoms with E-state index in [9.17, 15) is 0 Å². The molecule has 4 N–H and O–H groups in total. The van der Waals surface area contributed by atoms with Crippen molar-refractivity contribution in [3.05, 3.63) is 16.5 Å². The van der Waals surface area contributed by atoms with Crippen molar-refractivity contribution in [1.82, 2.24) is 0 Å². The number of halogens is 1. The van der Waals surface area contributed by atoms with Crippen molar-refractivity contribution in [3.63, 3.8) is 0 Å². The minimum Gasteiger partial charge on any atom is -0.395 e. The van der Waals surface area contributed by atoms with E-state index in [0.29, 0.717) is 6.54 Å². The Kier molecular flexibility index (Phi) is 3.81. The maximum absolute atomic E-state index is 8.63. The number of aliphatic hydroxyl groups excluding tert-OH is 1. The molecule has 3 nitrogen and oxygen atoms in total. The fraction of sp³-hybridized carbons (Fsp3) is 0.429. The monoisotopic (exact) mass is 206 g/mol. The second-order valence-electron chi connectivity index (χ2n) is 2.43. The zero-order chi connectivity index (χ0) is 8.97. The Morgan fingerprint density at radius 3 is 2.92 bits per heavy atom. The minimum atomic E-state index is -0.217. The lowest BCUT2D eigenvalue weighted by Gasteiger charge is -2.08. The smallest absolute Gasteiger partial charge is 0.0950 e. The zero-order valence-electron chi connectivity index (χ0n) is 6.46. The topological polar surface area (TPSA) is 58.3 Å². The molecule has 5 heteroatoms. The van der Waals surface area contributed by atoms with Crippen molar-refractivity contribution in [1.29, 1.82) is 0 Å². The Labute approximate surface area is 80.2 Å². The summed E-state index contributed by atoms with van der Waals surface area (Å²) in [5, 5.41) is 12.7. The molecule has 0 aliphatic heterocycles. The molecule has 0 aliphatic rings. The third-order valence-corrected chi connectivity index (χ3v) is 2.54. The van der Waals surface area contributed by atoms with Crippen LogP contribution in [0.1, 0.15) is 0 Å². The fourth-order valence-electron chi connectivity index (χ4n) is 0.706. The summed E-state index contributed by atoms with van der Waals surface area (Å²) in [7, 11) is 0. The number of thiophene rings is 1. The molecule has 0 bridgehead atoms. The van der Waals surface area contributed by atoms with E-state index < -0.39 is 0 Å². The second kappa shape index (κ2) is 4.67. The maximum atomic E-state index is 8.63. The number of rotatable bonds is 4. The number of hydrogen-bond acceptors (Lipinski definition) is 4. The first-order chi connectivity index (χ1) is 5.72. The average molecular weight is 207 g/mol. The molecule has 1 atom stereocenters. The van der Waals surface area contributed by atoms with Gasteiger partial charge in [0.2, 0.25) is 0 Å². The highest BCUT2D eigenvalue weighted by Gasteiger charge is 2.01. The first-order valence-electron chi connectivity index (χ1n) is 3.58. The molecule has 0 fully saturated rings. The lowest BCUT2D eigenvalue weighted by Crippen LogP contribution is -2.32. The van der Waals surface area contributed by atoms with Crippen LogP contribution in [0, 0.1) is 0 Å². The van der Waals surface area contributed by atoms with Gasteiger partial charge in [-0.1, -0.05) is 11.6 Å². The van der Waals surface area contributed by atoms with E-state index in [2.05, 4.69) is 5.32 Å². The molecule has 68 valence electrons. The summed E-state index contributed by atoms with van der Waals surface area (Å²) in [5.74, 6) is 0. The Morgan fingerprint density at radius 2 is 2.42 bits per heavy atom. The summed E-state index contributed by atoms with van der Waals surface area (Å²) in [5.41, 5.74) is 5.49. The molecule has 12 heavy (non-hydrogen) atoms. The summed E-state index contributed by atoms with van der Waals surface area (Å²) in [6, 6.07) is 3.49. The van der Waals surface area contributed by atoms with E-state index in [4.69, 9.17) is 22.4 Å². The zero-order valence-corrected chi connectivity index (χ0v) is 8.03. The van der Waals surface area contributed by atoms with E-state index in [1.807, 2.05) is 12.1 Å². The van der Waals surface area contributed by atoms with Gasteiger partial charge in [-0.05, 0) is 12.1 Å². The highest BCUT2D eigenvalue weighted by atomic mass is 35.5.